The highest BCUT2D eigenvalue weighted by atomic mass is 31.0. The molecule has 1 aliphatic rings. The Morgan fingerprint density at radius 2 is 1.33 bits per heavy atom. The Morgan fingerprint density at radius 3 is 2.00 bits per heavy atom. The largest absolute Gasteiger partial charge is 0.493 e. The molecule has 4 aromatic rings. The highest BCUT2D eigenvalue weighted by molar-refractivity contribution is 7.38. The van der Waals surface area contributed by atoms with Crippen LogP contribution in [0, 0.1) is 0 Å². The second kappa shape index (κ2) is 7.89. The number of hydrogen-bond acceptors (Lipinski definition) is 2. The van der Waals surface area contributed by atoms with E-state index in [0.717, 1.165) is 11.5 Å². The molecular weight excluding hydrogens is 387 g/mol. The lowest BCUT2D eigenvalue weighted by molar-refractivity contribution is 0.354. The van der Waals surface area contributed by atoms with Gasteiger partial charge >= 0.3 is 0 Å². The molecule has 2 nitrogen and oxygen atoms in total. The van der Waals surface area contributed by atoms with Crippen molar-refractivity contribution in [2.75, 3.05) is 14.2 Å². The van der Waals surface area contributed by atoms with E-state index in [-0.39, 0.29) is 5.92 Å². The van der Waals surface area contributed by atoms with Crippen molar-refractivity contribution in [3.8, 4) is 33.2 Å². The zero-order chi connectivity index (χ0) is 20.5. The Morgan fingerprint density at radius 1 is 0.700 bits per heavy atom. The molecule has 0 bridgehead atoms. The Bertz CT molecular complexity index is 1210. The summed E-state index contributed by atoms with van der Waals surface area (Å²) in [7, 11) is 4.02. The summed E-state index contributed by atoms with van der Waals surface area (Å²) in [5, 5.41) is 2.82. The minimum absolute atomic E-state index is 0.212. The maximum absolute atomic E-state index is 5.59. The minimum atomic E-state index is 0.212. The predicted molar refractivity (Wildman–Crippen MR) is 127 cm³/mol. The van der Waals surface area contributed by atoms with Crippen molar-refractivity contribution in [2.45, 2.75) is 5.92 Å². The van der Waals surface area contributed by atoms with Gasteiger partial charge in [-0.2, -0.15) is 0 Å². The molecule has 3 heteroatoms. The van der Waals surface area contributed by atoms with Crippen molar-refractivity contribution in [1.29, 1.82) is 0 Å². The molecule has 0 amide bonds. The van der Waals surface area contributed by atoms with Crippen LogP contribution in [-0.4, -0.2) is 14.2 Å². The molecule has 0 spiro atoms. The van der Waals surface area contributed by atoms with Crippen LogP contribution in [0.15, 0.2) is 84.9 Å². The van der Waals surface area contributed by atoms with Crippen LogP contribution in [0.4, 0.5) is 0 Å². The molecule has 1 aliphatic carbocycles. The quantitative estimate of drug-likeness (QED) is 0.346. The third kappa shape index (κ3) is 3.24. The van der Waals surface area contributed by atoms with Crippen molar-refractivity contribution in [3.63, 3.8) is 0 Å². The lowest BCUT2D eigenvalue weighted by Gasteiger charge is -2.16. The predicted octanol–water partition coefficient (Wildman–Crippen LogP) is 7.23. The van der Waals surface area contributed by atoms with Crippen molar-refractivity contribution in [1.82, 2.24) is 0 Å². The smallest absolute Gasteiger partial charge is 0.161 e. The van der Waals surface area contributed by atoms with Gasteiger partial charge in [0.25, 0.3) is 0 Å². The van der Waals surface area contributed by atoms with Crippen LogP contribution < -0.4 is 9.47 Å². The summed E-state index contributed by atoms with van der Waals surface area (Å²) in [6.07, 6.45) is 4.51. The molecule has 0 aliphatic heterocycles. The van der Waals surface area contributed by atoms with E-state index in [1.165, 1.54) is 38.4 Å². The van der Waals surface area contributed by atoms with E-state index in [9.17, 15) is 0 Å². The lowest BCUT2D eigenvalue weighted by Crippen LogP contribution is -1.99. The number of ether oxygens (including phenoxy) is 2. The average molecular weight is 410 g/mol. The number of hydrogen-bond donors (Lipinski definition) is 0. The second-order valence-electron chi connectivity index (χ2n) is 7.42. The molecule has 2 unspecified atom stereocenters. The summed E-state index contributed by atoms with van der Waals surface area (Å²) in [4.78, 5) is 0. The van der Waals surface area contributed by atoms with Gasteiger partial charge in [-0.3, -0.25) is 0 Å². The first kappa shape index (κ1) is 18.8. The van der Waals surface area contributed by atoms with Crippen molar-refractivity contribution in [3.05, 3.63) is 102 Å². The summed E-state index contributed by atoms with van der Waals surface area (Å²) < 4.78 is 11.1. The van der Waals surface area contributed by atoms with E-state index >= 15 is 0 Å². The fourth-order valence-corrected chi connectivity index (χ4v) is 5.72. The normalized spacial score (nSPS) is 14.8. The van der Waals surface area contributed by atoms with Gasteiger partial charge in [-0.15, -0.1) is 8.19 Å². The molecule has 0 saturated carbocycles. The second-order valence-corrected chi connectivity index (χ2v) is 8.71. The highest BCUT2D eigenvalue weighted by Gasteiger charge is 2.26. The Labute approximate surface area is 178 Å². The van der Waals surface area contributed by atoms with E-state index < -0.39 is 0 Å². The van der Waals surface area contributed by atoms with Crippen LogP contribution in [-0.2, 0) is 0 Å². The molecule has 0 N–H and O–H groups in total. The third-order valence-electron chi connectivity index (χ3n) is 5.72. The van der Waals surface area contributed by atoms with Gasteiger partial charge in [-0.25, -0.2) is 0 Å². The van der Waals surface area contributed by atoms with Crippen molar-refractivity contribution < 1.29 is 9.47 Å². The van der Waals surface area contributed by atoms with Crippen molar-refractivity contribution >= 4 is 14.3 Å². The maximum Gasteiger partial charge on any atom is 0.161 e. The van der Waals surface area contributed by atoms with E-state index in [2.05, 4.69) is 91.0 Å². The van der Waals surface area contributed by atoms with E-state index in [4.69, 9.17) is 9.47 Å². The van der Waals surface area contributed by atoms with E-state index in [0.29, 0.717) is 8.19 Å². The van der Waals surface area contributed by atoms with Crippen LogP contribution in [0.25, 0.3) is 27.8 Å². The zero-order valence-corrected chi connectivity index (χ0v) is 18.1. The summed E-state index contributed by atoms with van der Waals surface area (Å²) in [5.74, 6) is 1.76. The van der Waals surface area contributed by atoms with Gasteiger partial charge in [0.05, 0.1) is 14.2 Å². The summed E-state index contributed by atoms with van der Waals surface area (Å²) in [6, 6.07) is 28.1. The summed E-state index contributed by atoms with van der Waals surface area (Å²) >= 11 is 0. The highest BCUT2D eigenvalue weighted by Crippen LogP contribution is 2.50. The van der Waals surface area contributed by atoms with E-state index in [1.807, 2.05) is 0 Å². The van der Waals surface area contributed by atoms with Gasteiger partial charge in [-0.05, 0) is 51.3 Å². The molecule has 2 atom stereocenters. The number of rotatable bonds is 5. The molecule has 30 heavy (non-hydrogen) atoms. The van der Waals surface area contributed by atoms with Crippen LogP contribution in [0.5, 0.6) is 11.5 Å². The molecule has 5 rings (SSSR count). The zero-order valence-electron chi connectivity index (χ0n) is 17.1. The molecule has 3 aromatic carbocycles. The molecule has 1 aromatic heterocycles. The summed E-state index contributed by atoms with van der Waals surface area (Å²) in [5.41, 5.74) is 6.44. The molecule has 1 heterocycles. The Kier molecular flexibility index (Phi) is 4.94. The molecule has 148 valence electrons. The van der Waals surface area contributed by atoms with E-state index in [1.54, 1.807) is 14.2 Å². The SMILES string of the molecule is COc1cc2c(cc1OC)C(c1cc(-c3ccccc3)[pH]c1-c1ccccc1)C=C2. The Hall–Kier alpha value is -3.22. The van der Waals surface area contributed by atoms with Gasteiger partial charge in [0.2, 0.25) is 0 Å². The molecular formula is C27H23O2P. The van der Waals surface area contributed by atoms with Gasteiger partial charge < -0.3 is 9.47 Å². The van der Waals surface area contributed by atoms with Crippen molar-refractivity contribution in [2.24, 2.45) is 0 Å². The topological polar surface area (TPSA) is 18.5 Å². The fraction of sp³-hybridized carbons (Fsp3) is 0.111. The minimum Gasteiger partial charge on any atom is -0.493 e. The number of methoxy groups -OCH3 is 2. The van der Waals surface area contributed by atoms with Gasteiger partial charge in [0, 0.05) is 11.2 Å². The number of benzene rings is 3. The van der Waals surface area contributed by atoms with Crippen LogP contribution >= 0.6 is 8.19 Å². The lowest BCUT2D eigenvalue weighted by atomic mass is 9.91. The number of allylic oxidation sites excluding steroid dienone is 1. The number of fused-ring (bicyclic) bond motifs is 1. The van der Waals surface area contributed by atoms with Gasteiger partial charge in [-0.1, -0.05) is 72.8 Å². The maximum atomic E-state index is 5.59. The standard InChI is InChI=1S/C27H23O2P/c1-28-24-15-20-13-14-21(22(20)16-25(24)29-2)23-17-26(18-9-5-3-6-10-18)30-27(23)19-11-7-4-8-12-19/h3-17,21,30H,1-2H3. The fourth-order valence-electron chi connectivity index (χ4n) is 4.23. The summed E-state index contributed by atoms with van der Waals surface area (Å²) in [6.45, 7) is 0. The first-order valence-corrected chi connectivity index (χ1v) is 11.1. The van der Waals surface area contributed by atoms with Gasteiger partial charge in [0.1, 0.15) is 0 Å². The van der Waals surface area contributed by atoms with Crippen LogP contribution in [0.3, 0.4) is 0 Å². The molecule has 0 saturated heterocycles. The average Bonchev–Trinajstić information content (AvgIpc) is 3.43. The molecule has 0 fully saturated rings. The molecule has 0 radical (unpaired) electrons. The first-order chi connectivity index (χ1) is 14.8. The van der Waals surface area contributed by atoms with Crippen LogP contribution in [0.2, 0.25) is 0 Å². The third-order valence-corrected chi connectivity index (χ3v) is 7.25. The Balaban J connectivity index is 1.67. The monoisotopic (exact) mass is 410 g/mol. The van der Waals surface area contributed by atoms with Crippen LogP contribution in [0.1, 0.15) is 22.6 Å². The first-order valence-electron chi connectivity index (χ1n) is 10.1. The van der Waals surface area contributed by atoms with Gasteiger partial charge in [0.15, 0.2) is 11.5 Å².